The Morgan fingerprint density at radius 1 is 0.921 bits per heavy atom. The molecule has 0 spiro atoms. The summed E-state index contributed by atoms with van der Waals surface area (Å²) < 4.78 is 53.5. The first kappa shape index (κ1) is 28.1. The average Bonchev–Trinajstić information content (AvgIpc) is 3.09. The summed E-state index contributed by atoms with van der Waals surface area (Å²) in [6, 6.07) is 5.46. The van der Waals surface area contributed by atoms with Gasteiger partial charge in [-0.2, -0.15) is 18.1 Å². The molecule has 3 rings (SSSR count). The molecular weight excluding hydrogens is 513 g/mol. The van der Waals surface area contributed by atoms with Crippen LogP contribution in [0.1, 0.15) is 47.2 Å². The fourth-order valence-electron chi connectivity index (χ4n) is 3.12. The normalized spacial score (nSPS) is 12.3. The highest BCUT2D eigenvalue weighted by Crippen LogP contribution is 2.39. The van der Waals surface area contributed by atoms with Crippen LogP contribution in [0.3, 0.4) is 0 Å². The highest BCUT2D eigenvalue weighted by Gasteiger charge is 2.43. The topological polar surface area (TPSA) is 163 Å². The van der Waals surface area contributed by atoms with Crippen molar-refractivity contribution in [3.05, 3.63) is 30.0 Å². The van der Waals surface area contributed by atoms with Gasteiger partial charge in [-0.05, 0) is 65.8 Å². The standard InChI is InChI=1S/C23H25F3N6O6/c1-21(2,3)37-19(35)31(20(36)38-22(4,5)6)17-13-14(23(24,25)26)28-15(11-7-9-12(27)10-8-11)29-16(13)32(30-17)18(33)34/h7-10H,27H2,1-6H3,(H,33,34). The fourth-order valence-corrected chi connectivity index (χ4v) is 3.12. The predicted molar refractivity (Wildman–Crippen MR) is 129 cm³/mol. The molecule has 0 unspecified atom stereocenters. The molecule has 0 atom stereocenters. The number of fused-ring (bicyclic) bond motifs is 1. The number of rotatable bonds is 2. The SMILES string of the molecule is CC(C)(C)OC(=O)N(C(=O)OC(C)(C)C)c1nn(C(=O)O)c2nc(-c3ccc(N)cc3)nc(C(F)(F)F)c12. The van der Waals surface area contributed by atoms with E-state index in [0.29, 0.717) is 5.69 Å². The van der Waals surface area contributed by atoms with Crippen molar-refractivity contribution in [1.29, 1.82) is 0 Å². The summed E-state index contributed by atoms with van der Waals surface area (Å²) in [5, 5.41) is 12.3. The molecule has 3 aromatic rings. The summed E-state index contributed by atoms with van der Waals surface area (Å²) in [4.78, 5) is 45.8. The number of nitrogen functional groups attached to an aromatic ring is 1. The molecule has 0 aliphatic rings. The van der Waals surface area contributed by atoms with Crippen molar-refractivity contribution in [2.75, 3.05) is 10.6 Å². The largest absolute Gasteiger partial charge is 0.463 e. The molecule has 0 saturated carbocycles. The van der Waals surface area contributed by atoms with Gasteiger partial charge in [-0.3, -0.25) is 0 Å². The highest BCUT2D eigenvalue weighted by molar-refractivity contribution is 6.14. The molecule has 3 N–H and O–H groups in total. The molecule has 0 saturated heterocycles. The Balaban J connectivity index is 2.41. The number of alkyl halides is 3. The van der Waals surface area contributed by atoms with Crippen molar-refractivity contribution in [3.8, 4) is 11.4 Å². The van der Waals surface area contributed by atoms with E-state index in [-0.39, 0.29) is 15.1 Å². The molecule has 0 radical (unpaired) electrons. The van der Waals surface area contributed by atoms with Crippen molar-refractivity contribution in [2.24, 2.45) is 0 Å². The third-order valence-corrected chi connectivity index (χ3v) is 4.49. The second-order valence-corrected chi connectivity index (χ2v) is 10.0. The molecule has 2 heterocycles. The smallest absolute Gasteiger partial charge is 0.434 e. The predicted octanol–water partition coefficient (Wildman–Crippen LogP) is 5.30. The second kappa shape index (κ2) is 9.46. The minimum absolute atomic E-state index is 0.0831. The zero-order valence-electron chi connectivity index (χ0n) is 21.2. The van der Waals surface area contributed by atoms with Gasteiger partial charge in [-0.1, -0.05) is 0 Å². The van der Waals surface area contributed by atoms with E-state index < -0.39 is 64.0 Å². The van der Waals surface area contributed by atoms with Crippen LogP contribution in [0, 0.1) is 0 Å². The Labute approximate surface area is 214 Å². The van der Waals surface area contributed by atoms with Gasteiger partial charge < -0.3 is 20.3 Å². The van der Waals surface area contributed by atoms with Crippen LogP contribution in [0.4, 0.5) is 39.1 Å². The molecule has 204 valence electrons. The number of hydrogen-bond donors (Lipinski definition) is 2. The van der Waals surface area contributed by atoms with Crippen LogP contribution in [0.15, 0.2) is 24.3 Å². The van der Waals surface area contributed by atoms with E-state index in [1.807, 2.05) is 0 Å². The Bertz CT molecular complexity index is 1380. The lowest BCUT2D eigenvalue weighted by Crippen LogP contribution is -2.44. The van der Waals surface area contributed by atoms with Gasteiger partial charge in [0, 0.05) is 11.3 Å². The fraction of sp³-hybridized carbons (Fsp3) is 0.391. The Hall–Kier alpha value is -4.43. The number of nitrogens with zero attached hydrogens (tertiary/aromatic N) is 5. The second-order valence-electron chi connectivity index (χ2n) is 10.0. The van der Waals surface area contributed by atoms with Gasteiger partial charge in [0.25, 0.3) is 0 Å². The van der Waals surface area contributed by atoms with E-state index in [9.17, 15) is 32.7 Å². The van der Waals surface area contributed by atoms with Gasteiger partial charge in [0.2, 0.25) is 0 Å². The summed E-state index contributed by atoms with van der Waals surface area (Å²) in [6.07, 6.45) is -9.96. The number of imide groups is 1. The zero-order valence-corrected chi connectivity index (χ0v) is 21.2. The molecule has 0 aliphatic heterocycles. The van der Waals surface area contributed by atoms with Gasteiger partial charge in [-0.15, -0.1) is 9.78 Å². The maximum absolute atomic E-state index is 14.3. The van der Waals surface area contributed by atoms with Gasteiger partial charge in [0.15, 0.2) is 23.0 Å². The van der Waals surface area contributed by atoms with Crippen LogP contribution >= 0.6 is 0 Å². The van der Waals surface area contributed by atoms with E-state index in [1.165, 1.54) is 65.8 Å². The lowest BCUT2D eigenvalue weighted by molar-refractivity contribution is -0.139. The molecule has 2 aromatic heterocycles. The van der Waals surface area contributed by atoms with Crippen LogP contribution in [0.2, 0.25) is 0 Å². The zero-order chi connectivity index (χ0) is 28.8. The number of carbonyl (C=O) groups excluding carboxylic acids is 2. The lowest BCUT2D eigenvalue weighted by Gasteiger charge is -2.27. The first-order chi connectivity index (χ1) is 17.3. The maximum atomic E-state index is 14.3. The quantitative estimate of drug-likeness (QED) is 0.409. The molecular formula is C23H25F3N6O6. The summed E-state index contributed by atoms with van der Waals surface area (Å²) in [5.74, 6) is -1.54. The van der Waals surface area contributed by atoms with Gasteiger partial charge in [0.05, 0.1) is 5.39 Å². The molecule has 0 bridgehead atoms. The van der Waals surface area contributed by atoms with Crippen molar-refractivity contribution in [1.82, 2.24) is 19.7 Å². The minimum atomic E-state index is -5.20. The monoisotopic (exact) mass is 538 g/mol. The van der Waals surface area contributed by atoms with Crippen LogP contribution in [-0.2, 0) is 15.7 Å². The number of aromatic nitrogens is 4. The summed E-state index contributed by atoms with van der Waals surface area (Å²) in [7, 11) is 0. The number of carboxylic acid groups (broad SMARTS) is 1. The summed E-state index contributed by atoms with van der Waals surface area (Å²) in [5.41, 5.74) is 1.15. The minimum Gasteiger partial charge on any atom is -0.463 e. The molecule has 1 aromatic carbocycles. The summed E-state index contributed by atoms with van der Waals surface area (Å²) >= 11 is 0. The Morgan fingerprint density at radius 2 is 1.42 bits per heavy atom. The first-order valence-corrected chi connectivity index (χ1v) is 11.0. The van der Waals surface area contributed by atoms with Crippen LogP contribution < -0.4 is 10.6 Å². The number of ether oxygens (including phenoxy) is 2. The van der Waals surface area contributed by atoms with Crippen LogP contribution in [0.5, 0.6) is 0 Å². The Morgan fingerprint density at radius 3 is 1.84 bits per heavy atom. The number of hydrogen-bond acceptors (Lipinski definition) is 9. The lowest BCUT2D eigenvalue weighted by atomic mass is 10.1. The van der Waals surface area contributed by atoms with Gasteiger partial charge in [0.1, 0.15) is 11.2 Å². The van der Waals surface area contributed by atoms with E-state index in [4.69, 9.17) is 15.2 Å². The molecule has 15 heteroatoms. The third-order valence-electron chi connectivity index (χ3n) is 4.49. The third kappa shape index (κ3) is 6.10. The number of anilines is 2. The highest BCUT2D eigenvalue weighted by atomic mass is 19.4. The van der Waals surface area contributed by atoms with E-state index >= 15 is 0 Å². The van der Waals surface area contributed by atoms with E-state index in [1.54, 1.807) is 0 Å². The molecule has 38 heavy (non-hydrogen) atoms. The van der Waals surface area contributed by atoms with Crippen molar-refractivity contribution >= 4 is 40.8 Å². The number of nitrogens with two attached hydrogens (primary N) is 1. The molecule has 12 nitrogen and oxygen atoms in total. The number of amides is 2. The number of benzene rings is 1. The van der Waals surface area contributed by atoms with E-state index in [2.05, 4.69) is 15.1 Å². The average molecular weight is 538 g/mol. The van der Waals surface area contributed by atoms with Crippen LogP contribution in [-0.4, -0.2) is 54.3 Å². The summed E-state index contributed by atoms with van der Waals surface area (Å²) in [6.45, 7) is 8.72. The van der Waals surface area contributed by atoms with Crippen molar-refractivity contribution in [3.63, 3.8) is 0 Å². The number of carbonyl (C=O) groups is 3. The number of halogens is 3. The first-order valence-electron chi connectivity index (χ1n) is 11.0. The molecule has 0 fully saturated rings. The van der Waals surface area contributed by atoms with Crippen molar-refractivity contribution < 1.29 is 42.1 Å². The van der Waals surface area contributed by atoms with Crippen LogP contribution in [0.25, 0.3) is 22.4 Å². The van der Waals surface area contributed by atoms with Gasteiger partial charge in [-0.25, -0.2) is 24.4 Å². The van der Waals surface area contributed by atoms with E-state index in [0.717, 1.165) is 0 Å². The van der Waals surface area contributed by atoms with Crippen molar-refractivity contribution in [2.45, 2.75) is 58.9 Å². The maximum Gasteiger partial charge on any atom is 0.434 e. The van der Waals surface area contributed by atoms with Gasteiger partial charge >= 0.3 is 24.5 Å². The Kier molecular flexibility index (Phi) is 7.01. The molecule has 0 aliphatic carbocycles. The molecule has 2 amide bonds.